The molecule has 0 aliphatic carbocycles. The molecule has 134 valence electrons. The van der Waals surface area contributed by atoms with Crippen molar-refractivity contribution in [2.75, 3.05) is 13.1 Å². The number of urea groups is 1. The highest BCUT2D eigenvalue weighted by atomic mass is 16.3. The summed E-state index contributed by atoms with van der Waals surface area (Å²) in [4.78, 5) is 14.3. The number of nitrogens with zero attached hydrogens (tertiary/aromatic N) is 1. The van der Waals surface area contributed by atoms with Crippen molar-refractivity contribution in [2.24, 2.45) is 0 Å². The lowest BCUT2D eigenvalue weighted by molar-refractivity contribution is 0.238. The van der Waals surface area contributed by atoms with Crippen molar-refractivity contribution >= 4 is 6.03 Å². The summed E-state index contributed by atoms with van der Waals surface area (Å²) in [5, 5.41) is 26.4. The van der Waals surface area contributed by atoms with E-state index in [1.807, 2.05) is 26.8 Å². The summed E-state index contributed by atoms with van der Waals surface area (Å²) in [7, 11) is 0. The van der Waals surface area contributed by atoms with E-state index in [0.717, 1.165) is 29.1 Å². The van der Waals surface area contributed by atoms with Crippen LogP contribution in [-0.4, -0.2) is 34.2 Å². The summed E-state index contributed by atoms with van der Waals surface area (Å²) in [5.74, 6) is 0.145. The van der Waals surface area contributed by atoms with E-state index in [9.17, 15) is 15.0 Å². The summed E-state index contributed by atoms with van der Waals surface area (Å²) in [6.07, 6.45) is 2.03. The van der Waals surface area contributed by atoms with Gasteiger partial charge in [-0.1, -0.05) is 19.9 Å². The van der Waals surface area contributed by atoms with Gasteiger partial charge in [-0.15, -0.1) is 0 Å². The normalized spacial score (nSPS) is 21.6. The third-order valence-electron chi connectivity index (χ3n) is 4.88. The number of carbonyl (C=O) groups excluding carboxylic acids is 1. The number of nitrogens with one attached hydrogen (secondary N) is 2. The lowest BCUT2D eigenvalue weighted by Gasteiger charge is -2.29. The molecular formula is C19H25N3O3. The number of hydrogen-bond donors (Lipinski definition) is 4. The van der Waals surface area contributed by atoms with E-state index in [1.54, 1.807) is 6.07 Å². The molecule has 0 radical (unpaired) electrons. The van der Waals surface area contributed by atoms with Crippen molar-refractivity contribution in [1.29, 1.82) is 0 Å². The molecule has 25 heavy (non-hydrogen) atoms. The number of phenolic OH excluding ortho intramolecular Hbond substituents is 2. The molecule has 6 heteroatoms. The van der Waals surface area contributed by atoms with Crippen LogP contribution in [0.2, 0.25) is 0 Å². The first kappa shape index (κ1) is 17.2. The Kier molecular flexibility index (Phi) is 4.37. The van der Waals surface area contributed by atoms with E-state index in [-0.39, 0.29) is 23.4 Å². The molecule has 2 heterocycles. The van der Waals surface area contributed by atoms with Crippen LogP contribution in [0.4, 0.5) is 4.79 Å². The molecule has 0 fully saturated rings. The molecule has 6 nitrogen and oxygen atoms in total. The Hall–Kier alpha value is -2.63. The minimum Gasteiger partial charge on any atom is -0.508 e. The van der Waals surface area contributed by atoms with Crippen LogP contribution in [0.25, 0.3) is 0 Å². The summed E-state index contributed by atoms with van der Waals surface area (Å²) in [6.45, 7) is 9.47. The number of benzene rings is 1. The van der Waals surface area contributed by atoms with Gasteiger partial charge in [0.1, 0.15) is 11.5 Å². The molecular weight excluding hydrogens is 318 g/mol. The van der Waals surface area contributed by atoms with Crippen LogP contribution in [0.5, 0.6) is 11.5 Å². The van der Waals surface area contributed by atoms with Crippen LogP contribution in [-0.2, 0) is 0 Å². The van der Waals surface area contributed by atoms with E-state index in [4.69, 9.17) is 0 Å². The Balaban J connectivity index is 2.14. The number of carbonyl (C=O) groups is 1. The minimum atomic E-state index is -0.454. The zero-order chi connectivity index (χ0) is 18.3. The molecule has 4 N–H and O–H groups in total. The van der Waals surface area contributed by atoms with Crippen molar-refractivity contribution in [2.45, 2.75) is 39.7 Å². The molecule has 0 bridgehead atoms. The fraction of sp³-hybridized carbons (Fsp3) is 0.421. The number of aromatic hydroxyl groups is 2. The number of allylic oxidation sites excluding steroid dienone is 1. The highest BCUT2D eigenvalue weighted by molar-refractivity contribution is 5.81. The van der Waals surface area contributed by atoms with Gasteiger partial charge in [0.05, 0.1) is 12.6 Å². The van der Waals surface area contributed by atoms with Crippen molar-refractivity contribution < 1.29 is 15.0 Å². The van der Waals surface area contributed by atoms with Crippen LogP contribution in [0.15, 0.2) is 35.2 Å². The third-order valence-corrected chi connectivity index (χ3v) is 4.88. The molecule has 1 unspecified atom stereocenters. The molecule has 2 aliphatic rings. The molecule has 2 amide bonds. The van der Waals surface area contributed by atoms with Crippen molar-refractivity contribution in [3.8, 4) is 11.5 Å². The number of phenols is 2. The molecule has 0 saturated heterocycles. The topological polar surface area (TPSA) is 84.8 Å². The summed E-state index contributed by atoms with van der Waals surface area (Å²) < 4.78 is 0. The number of hydrogen-bond acceptors (Lipinski definition) is 4. The molecule has 0 saturated carbocycles. The zero-order valence-corrected chi connectivity index (χ0v) is 15.1. The molecule has 2 aliphatic heterocycles. The van der Waals surface area contributed by atoms with Gasteiger partial charge in [-0.2, -0.15) is 0 Å². The molecule has 1 aromatic carbocycles. The Bertz CT molecular complexity index is 780. The maximum Gasteiger partial charge on any atom is 0.319 e. The Morgan fingerprint density at radius 1 is 1.32 bits per heavy atom. The van der Waals surface area contributed by atoms with Gasteiger partial charge in [0.2, 0.25) is 0 Å². The molecule has 3 rings (SSSR count). The second kappa shape index (κ2) is 6.35. The van der Waals surface area contributed by atoms with Gasteiger partial charge < -0.3 is 25.7 Å². The second-order valence-corrected chi connectivity index (χ2v) is 6.74. The lowest BCUT2D eigenvalue weighted by atomic mass is 9.90. The average molecular weight is 343 g/mol. The largest absolute Gasteiger partial charge is 0.508 e. The van der Waals surface area contributed by atoms with E-state index in [0.29, 0.717) is 12.1 Å². The van der Waals surface area contributed by atoms with Crippen LogP contribution < -0.4 is 10.6 Å². The second-order valence-electron chi connectivity index (χ2n) is 6.74. The van der Waals surface area contributed by atoms with Crippen LogP contribution in [0.3, 0.4) is 0 Å². The van der Waals surface area contributed by atoms with E-state index < -0.39 is 6.04 Å². The highest BCUT2D eigenvalue weighted by Crippen LogP contribution is 2.43. The first-order chi connectivity index (χ1) is 11.9. The van der Waals surface area contributed by atoms with Gasteiger partial charge >= 0.3 is 6.03 Å². The quantitative estimate of drug-likeness (QED) is 0.679. The lowest BCUT2D eigenvalue weighted by Crippen LogP contribution is -2.43. The fourth-order valence-electron chi connectivity index (χ4n) is 3.65. The molecule has 0 aromatic heterocycles. The van der Waals surface area contributed by atoms with Gasteiger partial charge in [-0.25, -0.2) is 4.79 Å². The van der Waals surface area contributed by atoms with Crippen LogP contribution in [0.1, 0.15) is 50.8 Å². The van der Waals surface area contributed by atoms with E-state index in [1.165, 1.54) is 6.07 Å². The standard InChI is InChI=1S/C19H25N3O3/c1-5-14-17-13(9-22(14)6-2)20-19(25)21-18(17)12-7-11(10(3)4)15(23)8-16(12)24/h5,7-8,10,18,23-24H,6,9H2,1-4H3,(H2,20,21,25)/b14-5-. The van der Waals surface area contributed by atoms with Crippen molar-refractivity contribution in [3.05, 3.63) is 46.3 Å². The van der Waals surface area contributed by atoms with Crippen molar-refractivity contribution in [1.82, 2.24) is 15.5 Å². The number of rotatable bonds is 3. The smallest absolute Gasteiger partial charge is 0.319 e. The summed E-state index contributed by atoms with van der Waals surface area (Å²) in [6, 6.07) is 2.42. The third kappa shape index (κ3) is 2.81. The van der Waals surface area contributed by atoms with Gasteiger partial charge in [0.15, 0.2) is 0 Å². The highest BCUT2D eigenvalue weighted by Gasteiger charge is 2.38. The van der Waals surface area contributed by atoms with Gasteiger partial charge in [-0.3, -0.25) is 0 Å². The minimum absolute atomic E-state index is 0.0219. The summed E-state index contributed by atoms with van der Waals surface area (Å²) in [5.41, 5.74) is 4.23. The Morgan fingerprint density at radius 2 is 2.04 bits per heavy atom. The molecule has 1 atom stereocenters. The van der Waals surface area contributed by atoms with Crippen LogP contribution >= 0.6 is 0 Å². The van der Waals surface area contributed by atoms with Gasteiger partial charge in [-0.05, 0) is 31.4 Å². The van der Waals surface area contributed by atoms with E-state index >= 15 is 0 Å². The number of likely N-dealkylation sites (N-methyl/N-ethyl adjacent to an activating group) is 1. The van der Waals surface area contributed by atoms with Crippen LogP contribution in [0, 0.1) is 0 Å². The first-order valence-electron chi connectivity index (χ1n) is 8.65. The SMILES string of the molecule is C/C=C1/C2=C(CN1CC)NC(=O)NC2c1cc(C(C)C)c(O)cc1O. The maximum atomic E-state index is 12.2. The zero-order valence-electron chi connectivity index (χ0n) is 15.1. The van der Waals surface area contributed by atoms with Gasteiger partial charge in [0.25, 0.3) is 0 Å². The van der Waals surface area contributed by atoms with Crippen molar-refractivity contribution in [3.63, 3.8) is 0 Å². The summed E-state index contributed by atoms with van der Waals surface area (Å²) >= 11 is 0. The monoisotopic (exact) mass is 343 g/mol. The predicted molar refractivity (Wildman–Crippen MR) is 96.3 cm³/mol. The van der Waals surface area contributed by atoms with E-state index in [2.05, 4.69) is 22.5 Å². The number of amides is 2. The fourth-order valence-corrected chi connectivity index (χ4v) is 3.65. The average Bonchev–Trinajstić information content (AvgIpc) is 2.91. The van der Waals surface area contributed by atoms with Gasteiger partial charge in [0, 0.05) is 35.1 Å². The molecule has 0 spiro atoms. The molecule has 1 aromatic rings. The first-order valence-corrected chi connectivity index (χ1v) is 8.65. The Labute approximate surface area is 147 Å². The maximum absolute atomic E-state index is 12.2. The Morgan fingerprint density at radius 3 is 2.64 bits per heavy atom. The predicted octanol–water partition coefficient (Wildman–Crippen LogP) is 3.07.